The molecule has 1 saturated heterocycles. The molecule has 2 fully saturated rings. The van der Waals surface area contributed by atoms with Gasteiger partial charge in [0.2, 0.25) is 0 Å². The maximum Gasteiger partial charge on any atom is 0.140 e. The van der Waals surface area contributed by atoms with Crippen molar-refractivity contribution >= 4 is 5.82 Å². The minimum Gasteiger partial charge on any atom is -0.308 e. The Labute approximate surface area is 115 Å². The number of pyridine rings is 1. The molecule has 0 bridgehead atoms. The zero-order chi connectivity index (χ0) is 13.1. The van der Waals surface area contributed by atoms with E-state index in [2.05, 4.69) is 27.4 Å². The van der Waals surface area contributed by atoms with Crippen molar-refractivity contribution in [2.24, 2.45) is 11.8 Å². The Morgan fingerprint density at radius 2 is 2.11 bits per heavy atom. The zero-order valence-corrected chi connectivity index (χ0v) is 11.5. The number of anilines is 1. The average Bonchev–Trinajstić information content (AvgIpc) is 3.09. The third-order valence-corrected chi connectivity index (χ3v) is 4.72. The van der Waals surface area contributed by atoms with Gasteiger partial charge in [0.05, 0.1) is 0 Å². The number of hydrazine groups is 1. The van der Waals surface area contributed by atoms with Crippen LogP contribution in [-0.2, 0) is 6.54 Å². The van der Waals surface area contributed by atoms with Gasteiger partial charge in [0.25, 0.3) is 0 Å². The summed E-state index contributed by atoms with van der Waals surface area (Å²) in [6.07, 6.45) is 10.3. The standard InChI is InChI=1S/C15H24N4/c16-18-15-10-12(7-8-17-15)11-19-9-3-6-14(19)13-4-1-2-5-13/h7-8,10,13-14H,1-6,9,11,16H2,(H,17,18). The van der Waals surface area contributed by atoms with Crippen molar-refractivity contribution in [3.8, 4) is 0 Å². The van der Waals surface area contributed by atoms with E-state index in [0.29, 0.717) is 0 Å². The molecule has 1 aromatic heterocycles. The van der Waals surface area contributed by atoms with E-state index in [0.717, 1.165) is 24.3 Å². The quantitative estimate of drug-likeness (QED) is 0.645. The summed E-state index contributed by atoms with van der Waals surface area (Å²) in [6, 6.07) is 4.97. The van der Waals surface area contributed by atoms with Crippen molar-refractivity contribution < 1.29 is 0 Å². The van der Waals surface area contributed by atoms with Crippen molar-refractivity contribution in [3.63, 3.8) is 0 Å². The van der Waals surface area contributed by atoms with E-state index >= 15 is 0 Å². The van der Waals surface area contributed by atoms with E-state index in [4.69, 9.17) is 5.84 Å². The normalized spacial score (nSPS) is 25.0. The van der Waals surface area contributed by atoms with E-state index in [1.165, 1.54) is 50.6 Å². The van der Waals surface area contributed by atoms with Crippen molar-refractivity contribution in [2.75, 3.05) is 12.0 Å². The minimum absolute atomic E-state index is 0.758. The molecule has 104 valence electrons. The summed E-state index contributed by atoms with van der Waals surface area (Å²) in [5, 5.41) is 0. The molecular formula is C15H24N4. The zero-order valence-electron chi connectivity index (χ0n) is 11.5. The number of aromatic nitrogens is 1. The molecule has 1 saturated carbocycles. The molecule has 4 nitrogen and oxygen atoms in total. The Hall–Kier alpha value is -1.13. The molecule has 1 aromatic rings. The number of nitrogens with two attached hydrogens (primary N) is 1. The van der Waals surface area contributed by atoms with Crippen molar-refractivity contribution in [1.29, 1.82) is 0 Å². The first-order valence-corrected chi connectivity index (χ1v) is 7.52. The first kappa shape index (κ1) is 12.9. The second kappa shape index (κ2) is 5.88. The lowest BCUT2D eigenvalue weighted by atomic mass is 9.96. The highest BCUT2D eigenvalue weighted by Crippen LogP contribution is 2.36. The van der Waals surface area contributed by atoms with Gasteiger partial charge in [-0.15, -0.1) is 0 Å². The van der Waals surface area contributed by atoms with E-state index in [9.17, 15) is 0 Å². The van der Waals surface area contributed by atoms with Crippen LogP contribution in [0.25, 0.3) is 0 Å². The van der Waals surface area contributed by atoms with Crippen LogP contribution in [0.15, 0.2) is 18.3 Å². The fraction of sp³-hybridized carbons (Fsp3) is 0.667. The maximum absolute atomic E-state index is 5.43. The lowest BCUT2D eigenvalue weighted by Gasteiger charge is -2.29. The molecule has 4 heteroatoms. The topological polar surface area (TPSA) is 54.2 Å². The number of hydrogen-bond acceptors (Lipinski definition) is 4. The highest BCUT2D eigenvalue weighted by molar-refractivity contribution is 5.35. The van der Waals surface area contributed by atoms with Gasteiger partial charge in [-0.05, 0) is 55.8 Å². The Morgan fingerprint density at radius 1 is 1.26 bits per heavy atom. The summed E-state index contributed by atoms with van der Waals surface area (Å²) in [5.41, 5.74) is 3.94. The molecule has 0 amide bonds. The van der Waals surface area contributed by atoms with Gasteiger partial charge in [-0.25, -0.2) is 10.8 Å². The molecular weight excluding hydrogens is 236 g/mol. The van der Waals surface area contributed by atoms with Gasteiger partial charge in [0.15, 0.2) is 0 Å². The van der Waals surface area contributed by atoms with Crippen molar-refractivity contribution in [2.45, 2.75) is 51.1 Å². The van der Waals surface area contributed by atoms with E-state index in [-0.39, 0.29) is 0 Å². The number of nitrogens with zero attached hydrogens (tertiary/aromatic N) is 2. The van der Waals surface area contributed by atoms with Crippen molar-refractivity contribution in [1.82, 2.24) is 9.88 Å². The molecule has 19 heavy (non-hydrogen) atoms. The summed E-state index contributed by atoms with van der Waals surface area (Å²) >= 11 is 0. The van der Waals surface area contributed by atoms with Crippen LogP contribution in [0.5, 0.6) is 0 Å². The number of nitrogens with one attached hydrogen (secondary N) is 1. The Balaban J connectivity index is 1.67. The number of likely N-dealkylation sites (tertiary alicyclic amines) is 1. The Morgan fingerprint density at radius 3 is 2.89 bits per heavy atom. The summed E-state index contributed by atoms with van der Waals surface area (Å²) < 4.78 is 0. The van der Waals surface area contributed by atoms with E-state index in [1.54, 1.807) is 0 Å². The summed E-state index contributed by atoms with van der Waals surface area (Å²) in [4.78, 5) is 6.85. The summed E-state index contributed by atoms with van der Waals surface area (Å²) in [7, 11) is 0. The predicted molar refractivity (Wildman–Crippen MR) is 77.4 cm³/mol. The first-order chi connectivity index (χ1) is 9.36. The van der Waals surface area contributed by atoms with Gasteiger partial charge in [-0.3, -0.25) is 4.90 Å². The predicted octanol–water partition coefficient (Wildman–Crippen LogP) is 2.52. The molecule has 2 heterocycles. The fourth-order valence-electron chi connectivity index (χ4n) is 3.81. The van der Waals surface area contributed by atoms with Gasteiger partial charge in [-0.2, -0.15) is 0 Å². The molecule has 0 aromatic carbocycles. The van der Waals surface area contributed by atoms with Crippen LogP contribution in [0.4, 0.5) is 5.82 Å². The monoisotopic (exact) mass is 260 g/mol. The van der Waals surface area contributed by atoms with Crippen LogP contribution in [0.1, 0.15) is 44.1 Å². The van der Waals surface area contributed by atoms with Crippen LogP contribution >= 0.6 is 0 Å². The van der Waals surface area contributed by atoms with Gasteiger partial charge in [0, 0.05) is 18.8 Å². The van der Waals surface area contributed by atoms with Gasteiger partial charge < -0.3 is 5.43 Å². The Bertz CT molecular complexity index is 414. The number of hydrogen-bond donors (Lipinski definition) is 2. The van der Waals surface area contributed by atoms with Gasteiger partial charge in [0.1, 0.15) is 5.82 Å². The molecule has 1 aliphatic heterocycles. The molecule has 2 aliphatic rings. The lowest BCUT2D eigenvalue weighted by Crippen LogP contribution is -2.34. The van der Waals surface area contributed by atoms with Crippen LogP contribution in [0.2, 0.25) is 0 Å². The maximum atomic E-state index is 5.43. The van der Waals surface area contributed by atoms with Crippen molar-refractivity contribution in [3.05, 3.63) is 23.9 Å². The average molecular weight is 260 g/mol. The molecule has 1 aliphatic carbocycles. The van der Waals surface area contributed by atoms with Crippen LogP contribution < -0.4 is 11.3 Å². The highest BCUT2D eigenvalue weighted by Gasteiger charge is 2.32. The third kappa shape index (κ3) is 2.90. The molecule has 3 rings (SSSR count). The van der Waals surface area contributed by atoms with Crippen LogP contribution in [-0.4, -0.2) is 22.5 Å². The smallest absolute Gasteiger partial charge is 0.140 e. The lowest BCUT2D eigenvalue weighted by molar-refractivity contribution is 0.183. The third-order valence-electron chi connectivity index (χ3n) is 4.72. The van der Waals surface area contributed by atoms with E-state index in [1.807, 2.05) is 6.20 Å². The molecule has 0 radical (unpaired) electrons. The number of nitrogen functional groups attached to an aromatic ring is 1. The summed E-state index contributed by atoms with van der Waals surface area (Å²) in [5.74, 6) is 7.13. The largest absolute Gasteiger partial charge is 0.308 e. The SMILES string of the molecule is NNc1cc(CN2CCCC2C2CCCC2)ccn1. The minimum atomic E-state index is 0.758. The molecule has 1 unspecified atom stereocenters. The second-order valence-electron chi connectivity index (χ2n) is 5.92. The van der Waals surface area contributed by atoms with Gasteiger partial charge in [-0.1, -0.05) is 12.8 Å². The van der Waals surface area contributed by atoms with Crippen LogP contribution in [0.3, 0.4) is 0 Å². The van der Waals surface area contributed by atoms with E-state index < -0.39 is 0 Å². The first-order valence-electron chi connectivity index (χ1n) is 7.52. The molecule has 1 atom stereocenters. The second-order valence-corrected chi connectivity index (χ2v) is 5.92. The highest BCUT2D eigenvalue weighted by atomic mass is 15.2. The fourth-order valence-corrected chi connectivity index (χ4v) is 3.81. The molecule has 0 spiro atoms. The van der Waals surface area contributed by atoms with Crippen LogP contribution in [0, 0.1) is 5.92 Å². The Kier molecular flexibility index (Phi) is 3.99. The van der Waals surface area contributed by atoms with Gasteiger partial charge >= 0.3 is 0 Å². The molecule has 3 N–H and O–H groups in total. The summed E-state index contributed by atoms with van der Waals surface area (Å²) in [6.45, 7) is 2.28. The number of rotatable bonds is 4.